The van der Waals surface area contributed by atoms with Crippen LogP contribution in [0.4, 0.5) is 0 Å². The van der Waals surface area contributed by atoms with Crippen LogP contribution in [0.5, 0.6) is 11.5 Å². The van der Waals surface area contributed by atoms with Crippen molar-refractivity contribution in [3.8, 4) is 11.5 Å². The van der Waals surface area contributed by atoms with Gasteiger partial charge in [-0.25, -0.2) is 10.2 Å². The van der Waals surface area contributed by atoms with Gasteiger partial charge in [0.25, 0.3) is 5.91 Å². The van der Waals surface area contributed by atoms with Crippen molar-refractivity contribution in [2.24, 2.45) is 5.10 Å². The van der Waals surface area contributed by atoms with Crippen molar-refractivity contribution in [3.05, 3.63) is 89.7 Å². The molecule has 7 nitrogen and oxygen atoms in total. The van der Waals surface area contributed by atoms with E-state index >= 15 is 0 Å². The fourth-order valence-corrected chi connectivity index (χ4v) is 2.41. The topological polar surface area (TPSA) is 89.9 Å². The zero-order valence-electron chi connectivity index (χ0n) is 15.7. The molecule has 1 N–H and O–H groups in total. The molecular formula is C22H19N3O4. The van der Waals surface area contributed by atoms with Crippen LogP contribution in [0, 0.1) is 0 Å². The maximum atomic E-state index is 12.3. The number of esters is 1. The molecule has 1 aromatic heterocycles. The highest BCUT2D eigenvalue weighted by molar-refractivity contribution is 5.93. The lowest BCUT2D eigenvalue weighted by Crippen LogP contribution is -2.18. The van der Waals surface area contributed by atoms with E-state index in [0.29, 0.717) is 29.2 Å². The van der Waals surface area contributed by atoms with Gasteiger partial charge in [-0.1, -0.05) is 24.3 Å². The van der Waals surface area contributed by atoms with Crippen molar-refractivity contribution in [1.29, 1.82) is 0 Å². The van der Waals surface area contributed by atoms with Crippen molar-refractivity contribution in [3.63, 3.8) is 0 Å². The molecule has 146 valence electrons. The van der Waals surface area contributed by atoms with Gasteiger partial charge in [-0.15, -0.1) is 0 Å². The highest BCUT2D eigenvalue weighted by Crippen LogP contribution is 2.28. The third-order valence-electron chi connectivity index (χ3n) is 3.76. The molecule has 0 bridgehead atoms. The molecule has 0 atom stereocenters. The minimum Gasteiger partial charge on any atom is -0.490 e. The Morgan fingerprint density at radius 3 is 2.55 bits per heavy atom. The first kappa shape index (κ1) is 19.8. The van der Waals surface area contributed by atoms with Gasteiger partial charge >= 0.3 is 5.97 Å². The number of ether oxygens (including phenoxy) is 2. The van der Waals surface area contributed by atoms with Crippen LogP contribution in [0.25, 0.3) is 0 Å². The van der Waals surface area contributed by atoms with Crippen LogP contribution in [-0.4, -0.2) is 29.7 Å². The molecule has 0 fully saturated rings. The van der Waals surface area contributed by atoms with E-state index in [1.807, 2.05) is 13.0 Å². The third kappa shape index (κ3) is 5.49. The first-order chi connectivity index (χ1) is 14.2. The second kappa shape index (κ2) is 9.80. The maximum absolute atomic E-state index is 12.3. The first-order valence-electron chi connectivity index (χ1n) is 8.96. The summed E-state index contributed by atoms with van der Waals surface area (Å²) >= 11 is 0. The Morgan fingerprint density at radius 1 is 1.03 bits per heavy atom. The second-order valence-corrected chi connectivity index (χ2v) is 5.81. The van der Waals surface area contributed by atoms with E-state index in [0.717, 1.165) is 0 Å². The number of amides is 1. The number of hydrogen-bond acceptors (Lipinski definition) is 6. The van der Waals surface area contributed by atoms with Crippen LogP contribution in [0.3, 0.4) is 0 Å². The monoisotopic (exact) mass is 389 g/mol. The van der Waals surface area contributed by atoms with Gasteiger partial charge in [0.15, 0.2) is 11.5 Å². The molecule has 0 aliphatic heterocycles. The van der Waals surface area contributed by atoms with Gasteiger partial charge in [0.1, 0.15) is 5.69 Å². The smallest absolute Gasteiger partial charge is 0.343 e. The minimum absolute atomic E-state index is 0.267. The minimum atomic E-state index is -0.476. The van der Waals surface area contributed by atoms with Crippen LogP contribution in [0.1, 0.15) is 33.3 Å². The molecule has 1 amide bonds. The molecule has 0 saturated carbocycles. The van der Waals surface area contributed by atoms with Gasteiger partial charge in [0, 0.05) is 6.20 Å². The summed E-state index contributed by atoms with van der Waals surface area (Å²) in [6.45, 7) is 2.23. The van der Waals surface area contributed by atoms with Crippen molar-refractivity contribution in [1.82, 2.24) is 10.4 Å². The predicted molar refractivity (Wildman–Crippen MR) is 108 cm³/mol. The van der Waals surface area contributed by atoms with Gasteiger partial charge < -0.3 is 9.47 Å². The third-order valence-corrected chi connectivity index (χ3v) is 3.76. The SMILES string of the molecule is CCOc1cc(C=NNC(=O)c2ccccn2)ccc1OC(=O)c1ccccc1. The lowest BCUT2D eigenvalue weighted by atomic mass is 10.2. The summed E-state index contributed by atoms with van der Waals surface area (Å²) in [6, 6.07) is 18.7. The zero-order chi connectivity index (χ0) is 20.5. The Bertz CT molecular complexity index is 1010. The number of hydrogen-bond donors (Lipinski definition) is 1. The van der Waals surface area contributed by atoms with Crippen molar-refractivity contribution < 1.29 is 19.1 Å². The molecule has 0 aliphatic carbocycles. The van der Waals surface area contributed by atoms with Crippen LogP contribution in [0.15, 0.2) is 78.0 Å². The largest absolute Gasteiger partial charge is 0.490 e. The standard InChI is InChI=1S/C22H19N3O4/c1-2-28-20-14-16(15-24-25-21(26)18-10-6-7-13-23-18)11-12-19(20)29-22(27)17-8-4-3-5-9-17/h3-15H,2H2,1H3,(H,25,26). The molecule has 7 heteroatoms. The summed E-state index contributed by atoms with van der Waals surface area (Å²) in [4.78, 5) is 28.2. The van der Waals surface area contributed by atoms with E-state index in [2.05, 4.69) is 15.5 Å². The van der Waals surface area contributed by atoms with E-state index in [4.69, 9.17) is 9.47 Å². The first-order valence-corrected chi connectivity index (χ1v) is 8.96. The second-order valence-electron chi connectivity index (χ2n) is 5.81. The predicted octanol–water partition coefficient (Wildman–Crippen LogP) is 3.46. The van der Waals surface area contributed by atoms with Crippen molar-refractivity contribution in [2.75, 3.05) is 6.61 Å². The lowest BCUT2D eigenvalue weighted by Gasteiger charge is -2.11. The number of benzene rings is 2. The van der Waals surface area contributed by atoms with E-state index < -0.39 is 11.9 Å². The highest BCUT2D eigenvalue weighted by Gasteiger charge is 2.13. The summed E-state index contributed by atoms with van der Waals surface area (Å²) < 4.78 is 11.0. The van der Waals surface area contributed by atoms with E-state index in [1.165, 1.54) is 12.4 Å². The van der Waals surface area contributed by atoms with Crippen LogP contribution >= 0.6 is 0 Å². The van der Waals surface area contributed by atoms with Crippen LogP contribution in [0.2, 0.25) is 0 Å². The van der Waals surface area contributed by atoms with Gasteiger partial charge in [-0.2, -0.15) is 5.10 Å². The van der Waals surface area contributed by atoms with Gasteiger partial charge in [0.05, 0.1) is 18.4 Å². The van der Waals surface area contributed by atoms with Crippen molar-refractivity contribution >= 4 is 18.1 Å². The molecule has 29 heavy (non-hydrogen) atoms. The van der Waals surface area contributed by atoms with Gasteiger partial charge in [-0.3, -0.25) is 9.78 Å². The average Bonchev–Trinajstić information content (AvgIpc) is 2.76. The number of aromatic nitrogens is 1. The molecule has 3 rings (SSSR count). The number of hydrazone groups is 1. The Morgan fingerprint density at radius 2 is 1.83 bits per heavy atom. The Balaban J connectivity index is 1.70. The molecule has 0 unspecified atom stereocenters. The van der Waals surface area contributed by atoms with E-state index in [-0.39, 0.29) is 5.69 Å². The summed E-state index contributed by atoms with van der Waals surface area (Å²) in [7, 11) is 0. The van der Waals surface area contributed by atoms with Gasteiger partial charge in [0.2, 0.25) is 0 Å². The van der Waals surface area contributed by atoms with E-state index in [1.54, 1.807) is 60.7 Å². The quantitative estimate of drug-likeness (QED) is 0.289. The maximum Gasteiger partial charge on any atom is 0.343 e. The number of nitrogens with zero attached hydrogens (tertiary/aromatic N) is 2. The van der Waals surface area contributed by atoms with Gasteiger partial charge in [-0.05, 0) is 55.0 Å². The molecule has 0 spiro atoms. The Kier molecular flexibility index (Phi) is 6.67. The number of rotatable bonds is 7. The Labute approximate surface area is 168 Å². The van der Waals surface area contributed by atoms with E-state index in [9.17, 15) is 9.59 Å². The summed E-state index contributed by atoms with van der Waals surface area (Å²) in [5.41, 5.74) is 3.78. The van der Waals surface area contributed by atoms with Crippen LogP contribution in [-0.2, 0) is 0 Å². The zero-order valence-corrected chi connectivity index (χ0v) is 15.7. The summed E-state index contributed by atoms with van der Waals surface area (Å²) in [5.74, 6) is -0.192. The van der Waals surface area contributed by atoms with Crippen LogP contribution < -0.4 is 14.9 Å². The fourth-order valence-electron chi connectivity index (χ4n) is 2.41. The number of carbonyl (C=O) groups excluding carboxylic acids is 2. The molecule has 2 aromatic carbocycles. The molecular weight excluding hydrogens is 370 g/mol. The fraction of sp³-hybridized carbons (Fsp3) is 0.0909. The number of pyridine rings is 1. The average molecular weight is 389 g/mol. The summed E-state index contributed by atoms with van der Waals surface area (Å²) in [5, 5.41) is 3.93. The number of nitrogens with one attached hydrogen (secondary N) is 1. The number of carbonyl (C=O) groups is 2. The molecule has 1 heterocycles. The summed E-state index contributed by atoms with van der Waals surface area (Å²) in [6.07, 6.45) is 2.99. The molecule has 0 radical (unpaired) electrons. The highest BCUT2D eigenvalue weighted by atomic mass is 16.6. The Hall–Kier alpha value is -4.00. The molecule has 3 aromatic rings. The lowest BCUT2D eigenvalue weighted by molar-refractivity contribution is 0.0728. The normalized spacial score (nSPS) is 10.5. The van der Waals surface area contributed by atoms with Crippen molar-refractivity contribution in [2.45, 2.75) is 6.92 Å². The molecule has 0 aliphatic rings. The molecule has 0 saturated heterocycles.